The van der Waals surface area contributed by atoms with Crippen LogP contribution in [0.5, 0.6) is 0 Å². The molecule has 0 rings (SSSR count). The van der Waals surface area contributed by atoms with Crippen molar-refractivity contribution in [2.45, 2.75) is 58.2 Å². The number of aliphatic carboxylic acids is 2. The lowest BCUT2D eigenvalue weighted by Crippen LogP contribution is -2.35. The van der Waals surface area contributed by atoms with Gasteiger partial charge in [-0.25, -0.2) is 0 Å². The third-order valence-electron chi connectivity index (χ3n) is 2.59. The van der Waals surface area contributed by atoms with E-state index in [0.717, 1.165) is 0 Å². The van der Waals surface area contributed by atoms with E-state index in [1.54, 1.807) is 0 Å². The SMILES string of the molecule is CC(C)(C)[Si](C)(C)[O].O=C(O)CCCC(=O)O. The quantitative estimate of drug-likeness (QED) is 0.762. The van der Waals surface area contributed by atoms with Crippen LogP contribution in [-0.4, -0.2) is 30.5 Å². The first kappa shape index (κ1) is 18.5. The molecule has 0 aliphatic carbocycles. The summed E-state index contributed by atoms with van der Waals surface area (Å²) in [4.78, 5) is 30.8. The molecule has 0 saturated heterocycles. The van der Waals surface area contributed by atoms with Crippen LogP contribution in [0.1, 0.15) is 40.0 Å². The minimum Gasteiger partial charge on any atom is -0.481 e. The van der Waals surface area contributed by atoms with E-state index in [0.29, 0.717) is 0 Å². The highest BCUT2D eigenvalue weighted by Gasteiger charge is 2.35. The molecule has 5 nitrogen and oxygen atoms in total. The molecule has 0 aliphatic heterocycles. The normalized spacial score (nSPS) is 11.4. The zero-order valence-corrected chi connectivity index (χ0v) is 12.2. The van der Waals surface area contributed by atoms with E-state index in [4.69, 9.17) is 10.2 Å². The first-order chi connectivity index (χ1) is 7.38. The van der Waals surface area contributed by atoms with Gasteiger partial charge in [0.05, 0.1) is 0 Å². The number of hydrogen-bond acceptors (Lipinski definition) is 2. The molecule has 0 fully saturated rings. The van der Waals surface area contributed by atoms with Crippen LogP contribution in [0, 0.1) is 0 Å². The number of carboxylic acids is 2. The molecule has 1 radical (unpaired) electrons. The molecule has 0 saturated carbocycles. The Bertz CT molecular complexity index is 224. The second kappa shape index (κ2) is 7.44. The summed E-state index contributed by atoms with van der Waals surface area (Å²) >= 11 is 0. The van der Waals surface area contributed by atoms with Gasteiger partial charge in [0.1, 0.15) is 0 Å². The van der Waals surface area contributed by atoms with Gasteiger partial charge in [0.25, 0.3) is 0 Å². The van der Waals surface area contributed by atoms with Gasteiger partial charge in [-0.1, -0.05) is 20.8 Å². The number of rotatable bonds is 4. The van der Waals surface area contributed by atoms with Crippen molar-refractivity contribution in [2.24, 2.45) is 0 Å². The Hall–Kier alpha value is -0.883. The van der Waals surface area contributed by atoms with Crippen LogP contribution in [0.25, 0.3) is 0 Å². The monoisotopic (exact) mass is 263 g/mol. The van der Waals surface area contributed by atoms with Crippen LogP contribution in [0.4, 0.5) is 0 Å². The fourth-order valence-electron chi connectivity index (χ4n) is 0.391. The van der Waals surface area contributed by atoms with E-state index >= 15 is 0 Å². The number of hydrogen-bond donors (Lipinski definition) is 2. The lowest BCUT2D eigenvalue weighted by Gasteiger charge is -2.27. The summed E-state index contributed by atoms with van der Waals surface area (Å²) in [5.41, 5.74) is 0. The predicted molar refractivity (Wildman–Crippen MR) is 67.0 cm³/mol. The summed E-state index contributed by atoms with van der Waals surface area (Å²) in [6.45, 7) is 9.77. The van der Waals surface area contributed by atoms with Crippen LogP contribution in [0.3, 0.4) is 0 Å². The van der Waals surface area contributed by atoms with Gasteiger partial charge in [-0.3, -0.25) is 14.4 Å². The molecule has 0 aromatic heterocycles. The summed E-state index contributed by atoms with van der Waals surface area (Å²) in [5.74, 6) is -1.90. The Balaban J connectivity index is 0. The van der Waals surface area contributed by atoms with E-state index in [1.165, 1.54) is 0 Å². The van der Waals surface area contributed by atoms with E-state index in [-0.39, 0.29) is 24.3 Å². The highest BCUT2D eigenvalue weighted by Crippen LogP contribution is 2.33. The first-order valence-electron chi connectivity index (χ1n) is 5.52. The molecular formula is C11H23O5Si. The van der Waals surface area contributed by atoms with Crippen molar-refractivity contribution in [3.8, 4) is 0 Å². The standard InChI is InChI=1S/C6H15OSi.C5H8O4/c1-6(2,3)8(4,5)7;6-4(7)2-1-3-5(8)9/h1-5H3;1-3H2,(H,6,7)(H,8,9). The summed E-state index contributed by atoms with van der Waals surface area (Å²) in [6.07, 6.45) is 0.0866. The average molecular weight is 263 g/mol. The van der Waals surface area contributed by atoms with Crippen molar-refractivity contribution in [3.05, 3.63) is 0 Å². The Morgan fingerprint density at radius 1 is 1.00 bits per heavy atom. The van der Waals surface area contributed by atoms with Crippen LogP contribution >= 0.6 is 0 Å². The number of carbonyl (C=O) groups is 2. The topological polar surface area (TPSA) is 94.5 Å². The fourth-order valence-corrected chi connectivity index (χ4v) is 0.391. The van der Waals surface area contributed by atoms with Gasteiger partial charge in [-0.15, -0.1) is 0 Å². The zero-order valence-electron chi connectivity index (χ0n) is 11.2. The second-order valence-electron chi connectivity index (χ2n) is 5.40. The predicted octanol–water partition coefficient (Wildman–Crippen LogP) is 2.75. The van der Waals surface area contributed by atoms with Gasteiger partial charge in [-0.05, 0) is 24.6 Å². The molecule has 6 heteroatoms. The molecule has 0 atom stereocenters. The molecule has 0 aromatic carbocycles. The van der Waals surface area contributed by atoms with E-state index in [1.807, 2.05) is 33.9 Å². The molecule has 0 heterocycles. The number of carboxylic acid groups (broad SMARTS) is 2. The highest BCUT2D eigenvalue weighted by molar-refractivity contribution is 6.72. The van der Waals surface area contributed by atoms with Crippen molar-refractivity contribution in [2.75, 3.05) is 0 Å². The lowest BCUT2D eigenvalue weighted by molar-refractivity contribution is -0.138. The second-order valence-corrected chi connectivity index (χ2v) is 9.92. The third kappa shape index (κ3) is 13.1. The summed E-state index contributed by atoms with van der Waals surface area (Å²) < 4.78 is 0. The minimum absolute atomic E-state index is 0.0208. The molecule has 0 unspecified atom stereocenters. The molecule has 0 amide bonds. The zero-order chi connectivity index (χ0) is 14.3. The molecule has 0 spiro atoms. The summed E-state index contributed by atoms with van der Waals surface area (Å²) in [6, 6.07) is 0. The van der Waals surface area contributed by atoms with Crippen LogP contribution in [-0.2, 0) is 14.4 Å². The van der Waals surface area contributed by atoms with Crippen molar-refractivity contribution >= 4 is 20.3 Å². The van der Waals surface area contributed by atoms with Crippen LogP contribution in [0.2, 0.25) is 18.1 Å². The van der Waals surface area contributed by atoms with E-state index in [9.17, 15) is 14.4 Å². The van der Waals surface area contributed by atoms with Crippen molar-refractivity contribution in [1.29, 1.82) is 0 Å². The highest BCUT2D eigenvalue weighted by atomic mass is 28.4. The van der Waals surface area contributed by atoms with Crippen LogP contribution < -0.4 is 0 Å². The molecule has 0 aromatic rings. The molecule has 0 bridgehead atoms. The lowest BCUT2D eigenvalue weighted by atomic mass is 10.2. The van der Waals surface area contributed by atoms with Gasteiger partial charge >= 0.3 is 11.9 Å². The van der Waals surface area contributed by atoms with Gasteiger partial charge in [0.2, 0.25) is 8.32 Å². The van der Waals surface area contributed by atoms with Gasteiger partial charge in [0.15, 0.2) is 0 Å². The van der Waals surface area contributed by atoms with Crippen LogP contribution in [0.15, 0.2) is 0 Å². The molecule has 101 valence electrons. The van der Waals surface area contributed by atoms with Crippen molar-refractivity contribution in [3.63, 3.8) is 0 Å². The molecular weight excluding hydrogens is 240 g/mol. The fraction of sp³-hybridized carbons (Fsp3) is 0.818. The maximum absolute atomic E-state index is 11.3. The van der Waals surface area contributed by atoms with Gasteiger partial charge in [0, 0.05) is 12.8 Å². The third-order valence-corrected chi connectivity index (χ3v) is 6.20. The first-order valence-corrected chi connectivity index (χ1v) is 8.42. The van der Waals surface area contributed by atoms with E-state index < -0.39 is 20.3 Å². The van der Waals surface area contributed by atoms with Crippen molar-refractivity contribution < 1.29 is 24.6 Å². The average Bonchev–Trinajstić information content (AvgIpc) is 1.99. The smallest absolute Gasteiger partial charge is 0.303 e. The Labute approximate surface area is 104 Å². The maximum atomic E-state index is 11.3. The maximum Gasteiger partial charge on any atom is 0.303 e. The minimum atomic E-state index is -2.11. The Kier molecular flexibility index (Phi) is 8.09. The van der Waals surface area contributed by atoms with Crippen molar-refractivity contribution in [1.82, 2.24) is 0 Å². The van der Waals surface area contributed by atoms with Gasteiger partial charge < -0.3 is 10.2 Å². The summed E-state index contributed by atoms with van der Waals surface area (Å²) in [7, 11) is -2.11. The molecule has 0 aliphatic rings. The summed E-state index contributed by atoms with van der Waals surface area (Å²) in [5, 5.41) is 16.1. The molecule has 2 N–H and O–H groups in total. The van der Waals surface area contributed by atoms with E-state index in [2.05, 4.69) is 0 Å². The Morgan fingerprint density at radius 2 is 1.24 bits per heavy atom. The van der Waals surface area contributed by atoms with Gasteiger partial charge in [-0.2, -0.15) is 0 Å². The Morgan fingerprint density at radius 3 is 1.35 bits per heavy atom. The largest absolute Gasteiger partial charge is 0.481 e. The molecule has 17 heavy (non-hydrogen) atoms.